The van der Waals surface area contributed by atoms with E-state index in [1.807, 2.05) is 0 Å². The molecule has 1 amide bonds. The van der Waals surface area contributed by atoms with Gasteiger partial charge in [-0.25, -0.2) is 0 Å². The Labute approximate surface area is 87.5 Å². The van der Waals surface area contributed by atoms with E-state index >= 15 is 0 Å². The van der Waals surface area contributed by atoms with Gasteiger partial charge in [0.15, 0.2) is 0 Å². The van der Waals surface area contributed by atoms with Crippen LogP contribution < -0.4 is 5.32 Å². The molecule has 1 rings (SSSR count). The summed E-state index contributed by atoms with van der Waals surface area (Å²) in [5.41, 5.74) is 0. The molecular formula is C12H23NO. The van der Waals surface area contributed by atoms with Crippen LogP contribution in [0, 0.1) is 11.8 Å². The van der Waals surface area contributed by atoms with Gasteiger partial charge in [-0.05, 0) is 32.1 Å². The molecule has 82 valence electrons. The van der Waals surface area contributed by atoms with E-state index in [0.717, 1.165) is 19.3 Å². The average Bonchev–Trinajstić information content (AvgIpc) is 2.53. The zero-order chi connectivity index (χ0) is 10.6. The van der Waals surface area contributed by atoms with Crippen molar-refractivity contribution in [3.63, 3.8) is 0 Å². The van der Waals surface area contributed by atoms with Crippen molar-refractivity contribution in [3.8, 4) is 0 Å². The van der Waals surface area contributed by atoms with Crippen molar-refractivity contribution < 1.29 is 4.79 Å². The zero-order valence-electron chi connectivity index (χ0n) is 9.68. The molecule has 0 aromatic carbocycles. The molecule has 14 heavy (non-hydrogen) atoms. The fourth-order valence-electron chi connectivity index (χ4n) is 2.31. The first-order chi connectivity index (χ1) is 6.59. The number of hydrogen-bond donors (Lipinski definition) is 1. The van der Waals surface area contributed by atoms with E-state index in [1.165, 1.54) is 12.8 Å². The summed E-state index contributed by atoms with van der Waals surface area (Å²) in [4.78, 5) is 11.7. The Hall–Kier alpha value is -0.530. The number of amides is 1. The fraction of sp³-hybridized carbons (Fsp3) is 0.917. The van der Waals surface area contributed by atoms with E-state index in [4.69, 9.17) is 0 Å². The van der Waals surface area contributed by atoms with E-state index in [-0.39, 0.29) is 5.91 Å². The molecule has 2 heteroatoms. The molecule has 1 aliphatic carbocycles. The number of rotatable bonds is 4. The lowest BCUT2D eigenvalue weighted by molar-refractivity contribution is -0.125. The second kappa shape index (κ2) is 5.38. The lowest BCUT2D eigenvalue weighted by atomic mass is 10.0. The summed E-state index contributed by atoms with van der Waals surface area (Å²) < 4.78 is 0. The van der Waals surface area contributed by atoms with Gasteiger partial charge in [0.25, 0.3) is 0 Å². The second-order valence-corrected chi connectivity index (χ2v) is 5.02. The Balaban J connectivity index is 2.25. The van der Waals surface area contributed by atoms with Crippen LogP contribution in [0.15, 0.2) is 0 Å². The van der Waals surface area contributed by atoms with Gasteiger partial charge in [-0.3, -0.25) is 4.79 Å². The highest BCUT2D eigenvalue weighted by atomic mass is 16.1. The largest absolute Gasteiger partial charge is 0.353 e. The van der Waals surface area contributed by atoms with Crippen LogP contribution in [0.2, 0.25) is 0 Å². The molecule has 0 spiro atoms. The predicted molar refractivity (Wildman–Crippen MR) is 59.0 cm³/mol. The number of carbonyl (C=O) groups is 1. The van der Waals surface area contributed by atoms with Gasteiger partial charge in [-0.2, -0.15) is 0 Å². The molecule has 0 saturated heterocycles. The van der Waals surface area contributed by atoms with Gasteiger partial charge >= 0.3 is 0 Å². The Morgan fingerprint density at radius 1 is 1.29 bits per heavy atom. The molecule has 1 unspecified atom stereocenters. The van der Waals surface area contributed by atoms with Crippen molar-refractivity contribution in [2.45, 2.75) is 58.9 Å². The lowest BCUT2D eigenvalue weighted by Crippen LogP contribution is -2.37. The van der Waals surface area contributed by atoms with Crippen LogP contribution in [0.5, 0.6) is 0 Å². The molecule has 0 aliphatic heterocycles. The highest BCUT2D eigenvalue weighted by Gasteiger charge is 2.23. The van der Waals surface area contributed by atoms with E-state index in [9.17, 15) is 4.79 Å². The third-order valence-corrected chi connectivity index (χ3v) is 2.94. The van der Waals surface area contributed by atoms with E-state index < -0.39 is 0 Å². The molecule has 1 atom stereocenters. The minimum atomic E-state index is 0.288. The van der Waals surface area contributed by atoms with Gasteiger partial charge in [0.1, 0.15) is 0 Å². The van der Waals surface area contributed by atoms with E-state index in [0.29, 0.717) is 17.9 Å². The standard InChI is InChI=1S/C12H23NO/c1-9(2)8-10(3)13-12(14)11-6-4-5-7-11/h9-11H,4-8H2,1-3H3,(H,13,14). The highest BCUT2D eigenvalue weighted by molar-refractivity contribution is 5.79. The molecule has 0 bridgehead atoms. The van der Waals surface area contributed by atoms with Crippen LogP contribution in [0.1, 0.15) is 52.9 Å². The highest BCUT2D eigenvalue weighted by Crippen LogP contribution is 2.24. The first kappa shape index (κ1) is 11.5. The monoisotopic (exact) mass is 197 g/mol. The van der Waals surface area contributed by atoms with Crippen molar-refractivity contribution in [1.82, 2.24) is 5.32 Å². The molecule has 1 aliphatic rings. The third-order valence-electron chi connectivity index (χ3n) is 2.94. The smallest absolute Gasteiger partial charge is 0.223 e. The normalized spacial score (nSPS) is 20.0. The van der Waals surface area contributed by atoms with Crippen LogP contribution in [-0.4, -0.2) is 11.9 Å². The number of hydrogen-bond acceptors (Lipinski definition) is 1. The molecule has 1 N–H and O–H groups in total. The quantitative estimate of drug-likeness (QED) is 0.737. The zero-order valence-corrected chi connectivity index (χ0v) is 9.68. The molecule has 1 fully saturated rings. The maximum absolute atomic E-state index is 11.7. The molecular weight excluding hydrogens is 174 g/mol. The summed E-state index contributed by atoms with van der Waals surface area (Å²) in [6, 6.07) is 0.336. The van der Waals surface area contributed by atoms with E-state index in [1.54, 1.807) is 0 Å². The topological polar surface area (TPSA) is 29.1 Å². The van der Waals surface area contributed by atoms with Crippen LogP contribution in [-0.2, 0) is 4.79 Å². The minimum Gasteiger partial charge on any atom is -0.353 e. The van der Waals surface area contributed by atoms with Gasteiger partial charge in [-0.15, -0.1) is 0 Å². The van der Waals surface area contributed by atoms with E-state index in [2.05, 4.69) is 26.1 Å². The summed E-state index contributed by atoms with van der Waals surface area (Å²) in [7, 11) is 0. The molecule has 0 aromatic rings. The lowest BCUT2D eigenvalue weighted by Gasteiger charge is -2.18. The Morgan fingerprint density at radius 2 is 1.86 bits per heavy atom. The molecule has 0 radical (unpaired) electrons. The van der Waals surface area contributed by atoms with Crippen molar-refractivity contribution in [2.24, 2.45) is 11.8 Å². The second-order valence-electron chi connectivity index (χ2n) is 5.02. The molecule has 2 nitrogen and oxygen atoms in total. The van der Waals surface area contributed by atoms with Crippen molar-refractivity contribution >= 4 is 5.91 Å². The van der Waals surface area contributed by atoms with Crippen LogP contribution in [0.3, 0.4) is 0 Å². The Bertz CT molecular complexity index is 183. The van der Waals surface area contributed by atoms with Crippen LogP contribution in [0.25, 0.3) is 0 Å². The van der Waals surface area contributed by atoms with Crippen molar-refractivity contribution in [1.29, 1.82) is 0 Å². The maximum Gasteiger partial charge on any atom is 0.223 e. The average molecular weight is 197 g/mol. The van der Waals surface area contributed by atoms with Gasteiger partial charge in [0.05, 0.1) is 0 Å². The molecule has 0 heterocycles. The summed E-state index contributed by atoms with van der Waals surface area (Å²) >= 11 is 0. The summed E-state index contributed by atoms with van der Waals surface area (Å²) in [5, 5.41) is 3.11. The summed E-state index contributed by atoms with van der Waals surface area (Å²) in [5.74, 6) is 1.26. The Morgan fingerprint density at radius 3 is 2.36 bits per heavy atom. The third kappa shape index (κ3) is 3.69. The van der Waals surface area contributed by atoms with Crippen LogP contribution >= 0.6 is 0 Å². The van der Waals surface area contributed by atoms with Gasteiger partial charge in [0.2, 0.25) is 5.91 Å². The minimum absolute atomic E-state index is 0.288. The molecule has 0 aromatic heterocycles. The van der Waals surface area contributed by atoms with Gasteiger partial charge in [0, 0.05) is 12.0 Å². The number of nitrogens with one attached hydrogen (secondary N) is 1. The summed E-state index contributed by atoms with van der Waals surface area (Å²) in [6.45, 7) is 6.49. The van der Waals surface area contributed by atoms with Crippen LogP contribution in [0.4, 0.5) is 0 Å². The van der Waals surface area contributed by atoms with Gasteiger partial charge < -0.3 is 5.32 Å². The summed E-state index contributed by atoms with van der Waals surface area (Å²) in [6.07, 6.45) is 5.74. The first-order valence-corrected chi connectivity index (χ1v) is 5.90. The number of carbonyl (C=O) groups excluding carboxylic acids is 1. The SMILES string of the molecule is CC(C)CC(C)NC(=O)C1CCCC1. The van der Waals surface area contributed by atoms with Crippen molar-refractivity contribution in [3.05, 3.63) is 0 Å². The predicted octanol–water partition coefficient (Wildman–Crippen LogP) is 2.73. The Kier molecular flexibility index (Phi) is 4.43. The fourth-order valence-corrected chi connectivity index (χ4v) is 2.31. The van der Waals surface area contributed by atoms with Gasteiger partial charge in [-0.1, -0.05) is 26.7 Å². The van der Waals surface area contributed by atoms with Crippen molar-refractivity contribution in [2.75, 3.05) is 0 Å². The molecule has 1 saturated carbocycles. The first-order valence-electron chi connectivity index (χ1n) is 5.90. The maximum atomic E-state index is 11.7.